The Morgan fingerprint density at radius 3 is 0.845 bits per heavy atom. The first-order valence-electron chi connectivity index (χ1n) is 30.8. The van der Waals surface area contributed by atoms with Crippen LogP contribution in [0.1, 0.15) is 316 Å². The number of allylic oxidation sites excluding steroid dienone is 10. The van der Waals surface area contributed by atoms with Crippen LogP contribution in [0.25, 0.3) is 0 Å². The minimum Gasteiger partial charge on any atom is -0.462 e. The molecule has 0 aromatic heterocycles. The number of ether oxygens (including phenoxy) is 3. The molecule has 0 aromatic carbocycles. The molecule has 0 radical (unpaired) electrons. The summed E-state index contributed by atoms with van der Waals surface area (Å²) in [5, 5.41) is 0. The van der Waals surface area contributed by atoms with Gasteiger partial charge >= 0.3 is 17.9 Å². The predicted octanol–water partition coefficient (Wildman–Crippen LogP) is 20.8. The van der Waals surface area contributed by atoms with Crippen LogP contribution in [-0.4, -0.2) is 37.2 Å². The third-order valence-corrected chi connectivity index (χ3v) is 13.5. The second-order valence-corrected chi connectivity index (χ2v) is 20.6. The van der Waals surface area contributed by atoms with E-state index >= 15 is 0 Å². The van der Waals surface area contributed by atoms with Crippen LogP contribution < -0.4 is 0 Å². The molecule has 412 valence electrons. The summed E-state index contributed by atoms with van der Waals surface area (Å²) in [7, 11) is 0. The van der Waals surface area contributed by atoms with Crippen molar-refractivity contribution >= 4 is 17.9 Å². The van der Waals surface area contributed by atoms with Crippen molar-refractivity contribution in [2.75, 3.05) is 13.2 Å². The lowest BCUT2D eigenvalue weighted by Gasteiger charge is -2.18. The van der Waals surface area contributed by atoms with Gasteiger partial charge in [0.1, 0.15) is 13.2 Å². The van der Waals surface area contributed by atoms with Gasteiger partial charge in [0.2, 0.25) is 0 Å². The highest BCUT2D eigenvalue weighted by Crippen LogP contribution is 2.16. The Balaban J connectivity index is 4.22. The van der Waals surface area contributed by atoms with E-state index in [1.807, 2.05) is 0 Å². The molecule has 0 N–H and O–H groups in total. The summed E-state index contributed by atoms with van der Waals surface area (Å²) in [6.07, 6.45) is 75.1. The van der Waals surface area contributed by atoms with E-state index in [1.165, 1.54) is 186 Å². The van der Waals surface area contributed by atoms with E-state index < -0.39 is 6.10 Å². The van der Waals surface area contributed by atoms with Crippen LogP contribution in [0.2, 0.25) is 0 Å². The highest BCUT2D eigenvalue weighted by atomic mass is 16.6. The number of hydrogen-bond acceptors (Lipinski definition) is 6. The Kier molecular flexibility index (Phi) is 57.2. The first-order chi connectivity index (χ1) is 35.0. The summed E-state index contributed by atoms with van der Waals surface area (Å²) in [6, 6.07) is 0. The zero-order valence-corrected chi connectivity index (χ0v) is 47.2. The lowest BCUT2D eigenvalue weighted by Crippen LogP contribution is -2.30. The van der Waals surface area contributed by atoms with E-state index in [0.29, 0.717) is 19.3 Å². The Morgan fingerprint density at radius 1 is 0.282 bits per heavy atom. The lowest BCUT2D eigenvalue weighted by atomic mass is 10.0. The van der Waals surface area contributed by atoms with Gasteiger partial charge in [-0.15, -0.1) is 0 Å². The van der Waals surface area contributed by atoms with Gasteiger partial charge in [0.15, 0.2) is 6.10 Å². The van der Waals surface area contributed by atoms with Crippen molar-refractivity contribution in [3.63, 3.8) is 0 Å². The van der Waals surface area contributed by atoms with Crippen LogP contribution in [0.3, 0.4) is 0 Å². The molecule has 0 amide bonds. The van der Waals surface area contributed by atoms with Crippen molar-refractivity contribution in [1.29, 1.82) is 0 Å². The number of unbranched alkanes of at least 4 members (excludes halogenated alkanes) is 35. The monoisotopic (exact) mass is 993 g/mol. The van der Waals surface area contributed by atoms with Crippen LogP contribution >= 0.6 is 0 Å². The molecule has 0 rings (SSSR count). The molecule has 6 heteroatoms. The van der Waals surface area contributed by atoms with Gasteiger partial charge in [-0.25, -0.2) is 0 Å². The molecule has 0 aliphatic carbocycles. The van der Waals surface area contributed by atoms with Gasteiger partial charge in [0, 0.05) is 19.3 Å². The molecule has 0 aliphatic heterocycles. The van der Waals surface area contributed by atoms with Gasteiger partial charge in [0.05, 0.1) is 0 Å². The van der Waals surface area contributed by atoms with Gasteiger partial charge < -0.3 is 14.2 Å². The molecule has 0 spiro atoms. The van der Waals surface area contributed by atoms with Crippen LogP contribution in [0.15, 0.2) is 60.8 Å². The zero-order chi connectivity index (χ0) is 51.4. The summed E-state index contributed by atoms with van der Waals surface area (Å²) in [5.74, 6) is -0.888. The molecule has 6 nitrogen and oxygen atoms in total. The van der Waals surface area contributed by atoms with Crippen molar-refractivity contribution in [1.82, 2.24) is 0 Å². The molecule has 71 heavy (non-hydrogen) atoms. The molecule has 0 saturated heterocycles. The normalized spacial score (nSPS) is 12.4. The molecule has 0 bridgehead atoms. The molecule has 0 aliphatic rings. The van der Waals surface area contributed by atoms with Crippen molar-refractivity contribution in [2.24, 2.45) is 0 Å². The standard InChI is InChI=1S/C65H116O6/c1-4-7-10-13-16-19-22-24-26-27-28-29-30-31-32-33-34-35-36-37-39-40-43-46-49-52-55-58-64(67)70-61-62(60-69-63(66)57-54-51-48-45-42-21-18-15-12-9-6-3)71-65(68)59-56-53-50-47-44-41-38-25-23-20-17-14-11-8-5-2/h15,18,22,24-25,27-28,30-31,38,62H,4-14,16-17,19-21,23,26,29,32-37,39-61H2,1-3H3/b18-15-,24-22-,28-27-,31-30-,38-25-. The Labute approximate surface area is 440 Å². The Bertz CT molecular complexity index is 1280. The maximum absolute atomic E-state index is 12.8. The Hall–Kier alpha value is -2.89. The van der Waals surface area contributed by atoms with Gasteiger partial charge in [-0.3, -0.25) is 14.4 Å². The number of carbonyl (C=O) groups is 3. The van der Waals surface area contributed by atoms with E-state index in [4.69, 9.17) is 14.2 Å². The number of esters is 3. The summed E-state index contributed by atoms with van der Waals surface area (Å²) in [5.41, 5.74) is 0. The van der Waals surface area contributed by atoms with Crippen LogP contribution in [0, 0.1) is 0 Å². The minimum absolute atomic E-state index is 0.0796. The SMILES string of the molecule is CCCC/C=C\CCCCCCCC(=O)OCC(COC(=O)CCCCCCCCCCCCCC/C=C\C/C=C\C/C=C\CCCCCCC)OC(=O)CCCCCCC/C=C\CCCCCCCC. The summed E-state index contributed by atoms with van der Waals surface area (Å²) in [6.45, 7) is 6.60. The highest BCUT2D eigenvalue weighted by molar-refractivity contribution is 5.71. The third-order valence-electron chi connectivity index (χ3n) is 13.5. The maximum atomic E-state index is 12.8. The summed E-state index contributed by atoms with van der Waals surface area (Å²) >= 11 is 0. The molecular formula is C65H116O6. The van der Waals surface area contributed by atoms with Gasteiger partial charge in [-0.2, -0.15) is 0 Å². The summed E-state index contributed by atoms with van der Waals surface area (Å²) in [4.78, 5) is 38.1. The lowest BCUT2D eigenvalue weighted by molar-refractivity contribution is -0.167. The third kappa shape index (κ3) is 57.9. The second-order valence-electron chi connectivity index (χ2n) is 20.6. The van der Waals surface area contributed by atoms with Crippen LogP contribution in [0.4, 0.5) is 0 Å². The Morgan fingerprint density at radius 2 is 0.521 bits per heavy atom. The molecule has 1 unspecified atom stereocenters. The number of hydrogen-bond donors (Lipinski definition) is 0. The fraction of sp³-hybridized carbons (Fsp3) is 0.800. The fourth-order valence-corrected chi connectivity index (χ4v) is 8.78. The highest BCUT2D eigenvalue weighted by Gasteiger charge is 2.19. The molecule has 0 saturated carbocycles. The number of rotatable bonds is 56. The molecule has 1 atom stereocenters. The van der Waals surface area contributed by atoms with Crippen molar-refractivity contribution in [3.05, 3.63) is 60.8 Å². The van der Waals surface area contributed by atoms with E-state index in [2.05, 4.69) is 81.5 Å². The molecule has 0 fully saturated rings. The zero-order valence-electron chi connectivity index (χ0n) is 47.2. The molecule has 0 heterocycles. The predicted molar refractivity (Wildman–Crippen MR) is 307 cm³/mol. The van der Waals surface area contributed by atoms with Gasteiger partial charge in [0.25, 0.3) is 0 Å². The van der Waals surface area contributed by atoms with Crippen molar-refractivity contribution in [2.45, 2.75) is 322 Å². The van der Waals surface area contributed by atoms with Crippen LogP contribution in [-0.2, 0) is 28.6 Å². The minimum atomic E-state index is -0.781. The summed E-state index contributed by atoms with van der Waals surface area (Å²) < 4.78 is 16.9. The quantitative estimate of drug-likeness (QED) is 0.0261. The molecular weight excluding hydrogens is 877 g/mol. The van der Waals surface area contributed by atoms with E-state index in [-0.39, 0.29) is 31.1 Å². The van der Waals surface area contributed by atoms with Gasteiger partial charge in [-0.1, -0.05) is 255 Å². The van der Waals surface area contributed by atoms with E-state index in [9.17, 15) is 14.4 Å². The fourth-order valence-electron chi connectivity index (χ4n) is 8.78. The largest absolute Gasteiger partial charge is 0.462 e. The van der Waals surface area contributed by atoms with Crippen LogP contribution in [0.5, 0.6) is 0 Å². The average Bonchev–Trinajstić information content (AvgIpc) is 3.37. The first-order valence-corrected chi connectivity index (χ1v) is 30.8. The average molecular weight is 994 g/mol. The van der Waals surface area contributed by atoms with E-state index in [0.717, 1.165) is 89.9 Å². The van der Waals surface area contributed by atoms with Crippen molar-refractivity contribution < 1.29 is 28.6 Å². The van der Waals surface area contributed by atoms with Crippen molar-refractivity contribution in [3.8, 4) is 0 Å². The van der Waals surface area contributed by atoms with Gasteiger partial charge in [-0.05, 0) is 103 Å². The van der Waals surface area contributed by atoms with E-state index in [1.54, 1.807) is 0 Å². The molecule has 0 aromatic rings. The topological polar surface area (TPSA) is 78.9 Å². The maximum Gasteiger partial charge on any atom is 0.306 e. The number of carbonyl (C=O) groups excluding carboxylic acids is 3. The first kappa shape index (κ1) is 68.1. The smallest absolute Gasteiger partial charge is 0.306 e. The second kappa shape index (κ2) is 59.7.